The van der Waals surface area contributed by atoms with E-state index in [-0.39, 0.29) is 0 Å². The normalized spacial score (nSPS) is 11.8. The van der Waals surface area contributed by atoms with E-state index < -0.39 is 0 Å². The summed E-state index contributed by atoms with van der Waals surface area (Å²) in [6.45, 7) is 9.37. The van der Waals surface area contributed by atoms with Crippen molar-refractivity contribution in [1.29, 1.82) is 0 Å². The minimum atomic E-state index is 0.309. The average molecular weight is 585 g/mol. The molecule has 0 aromatic carbocycles. The minimum Gasteiger partial charge on any atom is -0.102 e. The molecule has 0 spiro atoms. The van der Waals surface area contributed by atoms with E-state index in [9.17, 15) is 0 Å². The maximum absolute atomic E-state index is 2.34. The number of hydrogen-bond donors (Lipinski definition) is 0. The van der Waals surface area contributed by atoms with Crippen molar-refractivity contribution >= 4 is 15.8 Å². The molecule has 0 N–H and O–H groups in total. The molecule has 0 bridgehead atoms. The summed E-state index contributed by atoms with van der Waals surface area (Å²) in [6.07, 6.45) is 48.0. The molecule has 0 nitrogen and oxygen atoms in total. The lowest BCUT2D eigenvalue weighted by atomic mass is 10.1. The first-order valence-electron chi connectivity index (χ1n) is 18.7. The van der Waals surface area contributed by atoms with E-state index in [2.05, 4.69) is 27.7 Å². The van der Waals surface area contributed by atoms with E-state index >= 15 is 0 Å². The van der Waals surface area contributed by atoms with Crippen LogP contribution in [0, 0.1) is 0 Å². The van der Waals surface area contributed by atoms with Crippen LogP contribution < -0.4 is 0 Å². The summed E-state index contributed by atoms with van der Waals surface area (Å²) < 4.78 is 0. The first-order valence-corrected chi connectivity index (χ1v) is 22.5. The third-order valence-corrected chi connectivity index (χ3v) is 15.7. The van der Waals surface area contributed by atoms with Crippen LogP contribution in [0.15, 0.2) is 0 Å². The van der Waals surface area contributed by atoms with Gasteiger partial charge in [0.15, 0.2) is 0 Å². The summed E-state index contributed by atoms with van der Waals surface area (Å²) in [7, 11) is 0.617. The molecule has 0 aliphatic rings. The standard InChI is InChI=1S/C37H78P2/c1-5-9-13-17-21-25-29-33-38(34-30-26-22-18-14-10-6-2)37-39(35-31-27-23-19-15-11-7-3)36-32-28-24-20-16-12-8-4/h5-37H2,1-4H3. The van der Waals surface area contributed by atoms with Gasteiger partial charge in [-0.3, -0.25) is 0 Å². The maximum atomic E-state index is 2.34. The highest BCUT2D eigenvalue weighted by Gasteiger charge is 2.16. The van der Waals surface area contributed by atoms with Crippen molar-refractivity contribution in [1.82, 2.24) is 0 Å². The zero-order valence-corrected chi connectivity index (χ0v) is 30.0. The number of unbranched alkanes of at least 4 members (excludes halogenated alkanes) is 24. The lowest BCUT2D eigenvalue weighted by molar-refractivity contribution is 0.599. The van der Waals surface area contributed by atoms with Gasteiger partial charge in [-0.1, -0.05) is 182 Å². The van der Waals surface area contributed by atoms with Gasteiger partial charge >= 0.3 is 0 Å². The Labute approximate surface area is 253 Å². The van der Waals surface area contributed by atoms with Gasteiger partial charge in [0.1, 0.15) is 0 Å². The van der Waals surface area contributed by atoms with Crippen LogP contribution >= 0.6 is 15.8 Å². The molecule has 0 saturated heterocycles. The molecule has 39 heavy (non-hydrogen) atoms. The second-order valence-corrected chi connectivity index (χ2v) is 18.5. The zero-order chi connectivity index (χ0) is 28.5. The van der Waals surface area contributed by atoms with Gasteiger partial charge in [-0.25, -0.2) is 0 Å². The Kier molecular flexibility index (Phi) is 35.8. The molecule has 0 atom stereocenters. The SMILES string of the molecule is CCCCCCCCCP(CCCCCCCCC)CP(CCCCCCCCC)CCCCCCCCC. The average Bonchev–Trinajstić information content (AvgIpc) is 2.94. The van der Waals surface area contributed by atoms with Crippen molar-refractivity contribution in [3.63, 3.8) is 0 Å². The number of rotatable bonds is 34. The Morgan fingerprint density at radius 1 is 0.231 bits per heavy atom. The molecule has 0 aliphatic carbocycles. The van der Waals surface area contributed by atoms with E-state index in [1.807, 2.05) is 0 Å². The molecule has 0 unspecified atom stereocenters. The third kappa shape index (κ3) is 31.6. The predicted molar refractivity (Wildman–Crippen MR) is 190 cm³/mol. The highest BCUT2D eigenvalue weighted by atomic mass is 31.2. The van der Waals surface area contributed by atoms with Gasteiger partial charge in [-0.2, -0.15) is 0 Å². The van der Waals surface area contributed by atoms with E-state index in [0.29, 0.717) is 15.8 Å². The summed E-state index contributed by atoms with van der Waals surface area (Å²) >= 11 is 0. The summed E-state index contributed by atoms with van der Waals surface area (Å²) in [4.78, 5) is 0. The Hall–Kier alpha value is 0.860. The topological polar surface area (TPSA) is 0 Å². The molecule has 0 aromatic heterocycles. The van der Waals surface area contributed by atoms with Gasteiger partial charge in [0, 0.05) is 0 Å². The summed E-state index contributed by atoms with van der Waals surface area (Å²) in [5.41, 5.74) is 0. The van der Waals surface area contributed by atoms with Crippen molar-refractivity contribution in [2.75, 3.05) is 30.6 Å². The van der Waals surface area contributed by atoms with Crippen LogP contribution in [0.2, 0.25) is 0 Å². The monoisotopic (exact) mass is 585 g/mol. The highest BCUT2D eigenvalue weighted by Crippen LogP contribution is 2.53. The van der Waals surface area contributed by atoms with Crippen molar-refractivity contribution in [3.8, 4) is 0 Å². The van der Waals surface area contributed by atoms with E-state index in [1.165, 1.54) is 154 Å². The second kappa shape index (κ2) is 35.1. The van der Waals surface area contributed by atoms with Crippen LogP contribution in [0.3, 0.4) is 0 Å². The van der Waals surface area contributed by atoms with E-state index in [0.717, 1.165) is 0 Å². The first kappa shape index (κ1) is 39.9. The molecular formula is C37H78P2. The number of hydrogen-bond acceptors (Lipinski definition) is 0. The molecule has 0 saturated carbocycles. The quantitative estimate of drug-likeness (QED) is 0.0521. The van der Waals surface area contributed by atoms with Crippen molar-refractivity contribution in [2.24, 2.45) is 0 Å². The Morgan fingerprint density at radius 3 is 0.615 bits per heavy atom. The van der Waals surface area contributed by atoms with Gasteiger partial charge in [0.2, 0.25) is 0 Å². The molecular weight excluding hydrogens is 506 g/mol. The van der Waals surface area contributed by atoms with Crippen molar-refractivity contribution in [2.45, 2.75) is 207 Å². The highest BCUT2D eigenvalue weighted by molar-refractivity contribution is 7.74. The maximum Gasteiger partial charge on any atom is -0.0120 e. The van der Waals surface area contributed by atoms with Crippen molar-refractivity contribution in [3.05, 3.63) is 0 Å². The smallest absolute Gasteiger partial charge is 0.0120 e. The van der Waals surface area contributed by atoms with Gasteiger partial charge in [0.05, 0.1) is 0 Å². The molecule has 0 aliphatic heterocycles. The summed E-state index contributed by atoms with van der Waals surface area (Å²) in [5.74, 6) is 1.70. The minimum absolute atomic E-state index is 0.309. The Balaban J connectivity index is 4.63. The van der Waals surface area contributed by atoms with Crippen LogP contribution in [0.5, 0.6) is 0 Å². The van der Waals surface area contributed by atoms with Crippen LogP contribution in [0.4, 0.5) is 0 Å². The third-order valence-electron chi connectivity index (χ3n) is 8.71. The molecule has 0 radical (unpaired) electrons. The fourth-order valence-corrected chi connectivity index (χ4v) is 13.6. The molecule has 0 rings (SSSR count). The van der Waals surface area contributed by atoms with Gasteiger partial charge < -0.3 is 0 Å². The summed E-state index contributed by atoms with van der Waals surface area (Å²) in [6, 6.07) is 0. The fourth-order valence-electron chi connectivity index (χ4n) is 5.96. The molecule has 0 aromatic rings. The van der Waals surface area contributed by atoms with Gasteiger partial charge in [-0.05, 0) is 56.2 Å². The molecule has 0 fully saturated rings. The zero-order valence-electron chi connectivity index (χ0n) is 28.2. The molecule has 0 heterocycles. The van der Waals surface area contributed by atoms with Crippen LogP contribution in [-0.2, 0) is 0 Å². The lowest BCUT2D eigenvalue weighted by Gasteiger charge is -2.25. The molecule has 2 heteroatoms. The van der Waals surface area contributed by atoms with Gasteiger partial charge in [-0.15, -0.1) is 15.8 Å². The van der Waals surface area contributed by atoms with E-state index in [4.69, 9.17) is 0 Å². The Morgan fingerprint density at radius 2 is 0.410 bits per heavy atom. The van der Waals surface area contributed by atoms with E-state index in [1.54, 1.807) is 56.2 Å². The first-order chi connectivity index (χ1) is 19.3. The fraction of sp³-hybridized carbons (Fsp3) is 1.00. The second-order valence-electron chi connectivity index (χ2n) is 12.9. The molecule has 0 amide bonds. The van der Waals surface area contributed by atoms with Crippen LogP contribution in [0.1, 0.15) is 207 Å². The van der Waals surface area contributed by atoms with Crippen LogP contribution in [-0.4, -0.2) is 30.6 Å². The van der Waals surface area contributed by atoms with Gasteiger partial charge in [0.25, 0.3) is 0 Å². The predicted octanol–water partition coefficient (Wildman–Crippen LogP) is 14.9. The Bertz CT molecular complexity index is 350. The molecule has 236 valence electrons. The summed E-state index contributed by atoms with van der Waals surface area (Å²) in [5, 5.41) is 0. The lowest BCUT2D eigenvalue weighted by Crippen LogP contribution is -2.01. The van der Waals surface area contributed by atoms with Crippen molar-refractivity contribution < 1.29 is 0 Å². The van der Waals surface area contributed by atoms with Crippen LogP contribution in [0.25, 0.3) is 0 Å². The largest absolute Gasteiger partial charge is 0.102 e.